The standard InChI is InChI=1S/C23H21N5O4S2.Na.H/c29-17(12-15-6-2-1-3-7-15)26-18-20(30)27-13-23(22(31)32,14-33-21(18)27)34-16-8-4-9-24-19(16)28-11-5-10-25-28;;/h1-11,18,21H,12-14H2,(H,26,29)(H,31,32);;/q;+1;-1/t18?,21-,23?;;/m1../s1. The predicted molar refractivity (Wildman–Crippen MR) is 129 cm³/mol. The molecule has 2 aliphatic heterocycles. The molecule has 12 heteroatoms. The van der Waals surface area contributed by atoms with E-state index in [1.165, 1.54) is 23.5 Å². The van der Waals surface area contributed by atoms with Crippen LogP contribution in [0.2, 0.25) is 0 Å². The summed E-state index contributed by atoms with van der Waals surface area (Å²) >= 11 is 2.56. The molecule has 3 atom stereocenters. The molecule has 5 rings (SSSR count). The van der Waals surface area contributed by atoms with Gasteiger partial charge < -0.3 is 16.7 Å². The fourth-order valence-corrected chi connectivity index (χ4v) is 6.96. The van der Waals surface area contributed by atoms with Gasteiger partial charge in [0.1, 0.15) is 16.2 Å². The average molecular weight is 520 g/mol. The molecule has 176 valence electrons. The summed E-state index contributed by atoms with van der Waals surface area (Å²) < 4.78 is 0.338. The molecule has 4 heterocycles. The number of β-lactam (4-membered cyclic amide) rings is 1. The van der Waals surface area contributed by atoms with Crippen LogP contribution < -0.4 is 34.9 Å². The van der Waals surface area contributed by atoms with Crippen LogP contribution in [0.5, 0.6) is 0 Å². The number of thioether (sulfide) groups is 2. The van der Waals surface area contributed by atoms with Crippen molar-refractivity contribution in [2.24, 2.45) is 0 Å². The van der Waals surface area contributed by atoms with Crippen LogP contribution in [-0.4, -0.2) is 71.0 Å². The van der Waals surface area contributed by atoms with E-state index in [0.717, 1.165) is 5.56 Å². The van der Waals surface area contributed by atoms with E-state index >= 15 is 0 Å². The number of nitrogens with zero attached hydrogens (tertiary/aromatic N) is 4. The number of benzene rings is 1. The monoisotopic (exact) mass is 519 g/mol. The second-order valence-electron chi connectivity index (χ2n) is 8.05. The molecule has 2 aromatic heterocycles. The molecule has 2 amide bonds. The van der Waals surface area contributed by atoms with E-state index < -0.39 is 16.8 Å². The summed E-state index contributed by atoms with van der Waals surface area (Å²) in [7, 11) is 0. The number of carboxylic acids is 1. The zero-order chi connectivity index (χ0) is 23.7. The van der Waals surface area contributed by atoms with Crippen molar-refractivity contribution >= 4 is 41.3 Å². The van der Waals surface area contributed by atoms with E-state index in [1.807, 2.05) is 30.3 Å². The first-order chi connectivity index (χ1) is 16.5. The molecule has 0 radical (unpaired) electrons. The van der Waals surface area contributed by atoms with Gasteiger partial charge in [0.15, 0.2) is 5.82 Å². The van der Waals surface area contributed by atoms with Gasteiger partial charge in [-0.1, -0.05) is 30.3 Å². The van der Waals surface area contributed by atoms with Crippen molar-refractivity contribution in [3.8, 4) is 5.82 Å². The van der Waals surface area contributed by atoms with Crippen molar-refractivity contribution < 1.29 is 50.5 Å². The molecule has 2 N–H and O–H groups in total. The third-order valence-corrected chi connectivity index (χ3v) is 8.83. The van der Waals surface area contributed by atoms with Gasteiger partial charge in [-0.3, -0.25) is 14.4 Å². The molecule has 0 spiro atoms. The summed E-state index contributed by atoms with van der Waals surface area (Å²) in [6.45, 7) is 0.0436. The van der Waals surface area contributed by atoms with E-state index in [9.17, 15) is 19.5 Å². The Morgan fingerprint density at radius 1 is 1.20 bits per heavy atom. The average Bonchev–Trinajstić information content (AvgIpc) is 3.38. The fourth-order valence-electron chi connectivity index (χ4n) is 4.03. The van der Waals surface area contributed by atoms with E-state index in [0.29, 0.717) is 10.7 Å². The first-order valence-electron chi connectivity index (χ1n) is 10.6. The van der Waals surface area contributed by atoms with Crippen LogP contribution in [0.15, 0.2) is 72.0 Å². The van der Waals surface area contributed by atoms with E-state index in [4.69, 9.17) is 0 Å². The zero-order valence-corrected chi connectivity index (χ0v) is 22.5. The van der Waals surface area contributed by atoms with Crippen molar-refractivity contribution in [2.75, 3.05) is 12.3 Å². The largest absolute Gasteiger partial charge is 1.00 e. The van der Waals surface area contributed by atoms with Crippen molar-refractivity contribution in [1.29, 1.82) is 0 Å². The van der Waals surface area contributed by atoms with Gasteiger partial charge in [0.2, 0.25) is 11.8 Å². The Kier molecular flexibility index (Phi) is 7.92. The van der Waals surface area contributed by atoms with Gasteiger partial charge in [-0.05, 0) is 23.8 Å². The Hall–Kier alpha value is -2.31. The van der Waals surface area contributed by atoms with Crippen LogP contribution in [0.4, 0.5) is 0 Å². The van der Waals surface area contributed by atoms with Crippen molar-refractivity contribution in [2.45, 2.75) is 27.5 Å². The number of carbonyl (C=O) groups is 3. The Morgan fingerprint density at radius 3 is 2.71 bits per heavy atom. The molecule has 3 aromatic rings. The molecule has 35 heavy (non-hydrogen) atoms. The number of pyridine rings is 1. The molecular formula is C23H22N5NaO4S2. The van der Waals surface area contributed by atoms with Crippen LogP contribution >= 0.6 is 23.5 Å². The maximum Gasteiger partial charge on any atom is 1.00 e. The molecule has 2 saturated heterocycles. The second kappa shape index (κ2) is 10.8. The SMILES string of the molecule is O=C(Cc1ccccc1)NC1C(=O)N2CC(Sc3cccnc3-n3cccn3)(C(=O)O)CS[C@H]12.[H-].[Na+]. The van der Waals surface area contributed by atoms with Crippen molar-refractivity contribution in [3.05, 3.63) is 72.7 Å². The Bertz CT molecular complexity index is 1240. The molecular weight excluding hydrogens is 497 g/mol. The first-order valence-corrected chi connectivity index (χ1v) is 12.5. The van der Waals surface area contributed by atoms with Gasteiger partial charge in [0.05, 0.1) is 11.3 Å². The molecule has 0 bridgehead atoms. The summed E-state index contributed by atoms with van der Waals surface area (Å²) in [5.74, 6) is -0.675. The van der Waals surface area contributed by atoms with Crippen LogP contribution in [-0.2, 0) is 20.8 Å². The number of hydrogen-bond donors (Lipinski definition) is 2. The minimum Gasteiger partial charge on any atom is -1.00 e. The molecule has 0 aliphatic carbocycles. The van der Waals surface area contributed by atoms with Crippen LogP contribution in [0, 0.1) is 0 Å². The van der Waals surface area contributed by atoms with Gasteiger partial charge in [0, 0.05) is 30.9 Å². The Balaban J connectivity index is 0.00000180. The smallest absolute Gasteiger partial charge is 1.00 e. The molecule has 2 unspecified atom stereocenters. The van der Waals surface area contributed by atoms with Gasteiger partial charge >= 0.3 is 35.5 Å². The van der Waals surface area contributed by atoms with E-state index in [1.54, 1.807) is 46.4 Å². The van der Waals surface area contributed by atoms with Crippen LogP contribution in [0.25, 0.3) is 5.82 Å². The van der Waals surface area contributed by atoms with E-state index in [2.05, 4.69) is 15.4 Å². The number of carboxylic acid groups (broad SMARTS) is 1. The first kappa shape index (κ1) is 25.8. The van der Waals surface area contributed by atoms with Crippen molar-refractivity contribution in [1.82, 2.24) is 25.0 Å². The minimum absolute atomic E-state index is 0. The molecule has 2 aliphatic rings. The number of carbonyl (C=O) groups excluding carboxylic acids is 2. The van der Waals surface area contributed by atoms with Crippen LogP contribution in [0.1, 0.15) is 6.99 Å². The molecule has 2 fully saturated rings. The number of rotatable bonds is 7. The van der Waals surface area contributed by atoms with E-state index in [-0.39, 0.29) is 66.9 Å². The normalized spacial score (nSPS) is 23.0. The van der Waals surface area contributed by atoms with Crippen molar-refractivity contribution in [3.63, 3.8) is 0 Å². The molecule has 1 aromatic carbocycles. The number of aliphatic carboxylic acids is 1. The minimum atomic E-state index is -1.25. The van der Waals surface area contributed by atoms with Gasteiger partial charge in [-0.25, -0.2) is 9.67 Å². The predicted octanol–water partition coefficient (Wildman–Crippen LogP) is -1.06. The summed E-state index contributed by atoms with van der Waals surface area (Å²) in [6, 6.07) is 14.0. The summed E-state index contributed by atoms with van der Waals surface area (Å²) in [5.41, 5.74) is 0.866. The maximum atomic E-state index is 12.9. The maximum absolute atomic E-state index is 12.9. The number of nitrogens with one attached hydrogen (secondary N) is 1. The van der Waals surface area contributed by atoms with Gasteiger partial charge in [0.25, 0.3) is 0 Å². The Morgan fingerprint density at radius 2 is 2.00 bits per heavy atom. The fraction of sp³-hybridized carbons (Fsp3) is 0.261. The van der Waals surface area contributed by atoms with Gasteiger partial charge in [-0.15, -0.1) is 23.5 Å². The van der Waals surface area contributed by atoms with Gasteiger partial charge in [-0.2, -0.15) is 5.10 Å². The number of aromatic nitrogens is 3. The third kappa shape index (κ3) is 5.14. The molecule has 0 saturated carbocycles. The quantitative estimate of drug-likeness (QED) is 0.300. The van der Waals surface area contributed by atoms with Crippen LogP contribution in [0.3, 0.4) is 0 Å². The number of amides is 2. The second-order valence-corrected chi connectivity index (χ2v) is 10.6. The zero-order valence-electron chi connectivity index (χ0n) is 19.9. The number of hydrogen-bond acceptors (Lipinski definition) is 7. The third-order valence-electron chi connectivity index (χ3n) is 5.75. The summed E-state index contributed by atoms with van der Waals surface area (Å²) in [4.78, 5) is 44.3. The summed E-state index contributed by atoms with van der Waals surface area (Å²) in [5, 5.41) is 16.9. The molecule has 9 nitrogen and oxygen atoms in total. The summed E-state index contributed by atoms with van der Waals surface area (Å²) in [6.07, 6.45) is 5.19. The number of fused-ring (bicyclic) bond motifs is 1. The Labute approximate surface area is 233 Å². The topological polar surface area (TPSA) is 117 Å².